The molecule has 0 fully saturated rings. The molecular weight excluding hydrogens is 423 g/mol. The molecule has 2 aromatic carbocycles. The van der Waals surface area contributed by atoms with Crippen molar-refractivity contribution in [1.29, 1.82) is 0 Å². The summed E-state index contributed by atoms with van der Waals surface area (Å²) in [6.45, 7) is 0. The van der Waals surface area contributed by atoms with Gasteiger partial charge in [-0.05, 0) is 35.9 Å². The third-order valence-corrected chi connectivity index (χ3v) is 5.91. The van der Waals surface area contributed by atoms with Gasteiger partial charge in [-0.2, -0.15) is 0 Å². The van der Waals surface area contributed by atoms with E-state index in [4.69, 9.17) is 23.2 Å². The molecular formula is C16H9Cl2F2N3OS2. The minimum absolute atomic E-state index is 0.173. The summed E-state index contributed by atoms with van der Waals surface area (Å²) in [4.78, 5) is 12.0. The van der Waals surface area contributed by atoms with Crippen LogP contribution in [0.2, 0.25) is 10.0 Å². The average Bonchev–Trinajstić information content (AvgIpc) is 3.04. The molecule has 1 N–H and O–H groups in total. The summed E-state index contributed by atoms with van der Waals surface area (Å²) < 4.78 is 27.4. The molecule has 0 aliphatic rings. The Hall–Kier alpha value is -1.74. The normalized spacial score (nSPS) is 10.8. The van der Waals surface area contributed by atoms with Gasteiger partial charge in [-0.15, -0.1) is 10.2 Å². The third kappa shape index (κ3) is 4.50. The summed E-state index contributed by atoms with van der Waals surface area (Å²) in [6.07, 6.45) is 0. The molecule has 0 bridgehead atoms. The van der Waals surface area contributed by atoms with Crippen LogP contribution in [0.4, 0.5) is 13.9 Å². The van der Waals surface area contributed by atoms with Gasteiger partial charge in [-0.3, -0.25) is 10.1 Å². The molecule has 0 aliphatic carbocycles. The number of rotatable bonds is 5. The lowest BCUT2D eigenvalue weighted by Gasteiger charge is -2.04. The Bertz CT molecular complexity index is 948. The van der Waals surface area contributed by atoms with Crippen LogP contribution in [-0.2, 0) is 5.75 Å². The standard InChI is InChI=1S/C16H9Cl2F2N3OS2/c17-11-2-1-3-12(18)10(11)7-25-16-23-22-15(26-16)21-14(24)9-6-8(19)4-5-13(9)20/h1-6H,7H2,(H,21,22,24). The van der Waals surface area contributed by atoms with Crippen molar-refractivity contribution >= 4 is 57.3 Å². The van der Waals surface area contributed by atoms with E-state index in [0.29, 0.717) is 20.1 Å². The molecule has 3 rings (SSSR count). The molecule has 0 spiro atoms. The van der Waals surface area contributed by atoms with Crippen LogP contribution in [0.3, 0.4) is 0 Å². The Balaban J connectivity index is 1.66. The molecule has 0 radical (unpaired) electrons. The number of anilines is 1. The molecule has 0 saturated carbocycles. The van der Waals surface area contributed by atoms with Crippen LogP contribution >= 0.6 is 46.3 Å². The summed E-state index contributed by atoms with van der Waals surface area (Å²) in [7, 11) is 0. The predicted octanol–water partition coefficient (Wildman–Crippen LogP) is 5.67. The highest BCUT2D eigenvalue weighted by molar-refractivity contribution is 8.00. The lowest BCUT2D eigenvalue weighted by atomic mass is 10.2. The second-order valence-corrected chi connectivity index (χ2v) is 7.95. The Morgan fingerprint density at radius 2 is 1.88 bits per heavy atom. The predicted molar refractivity (Wildman–Crippen MR) is 100 cm³/mol. The Morgan fingerprint density at radius 1 is 1.15 bits per heavy atom. The summed E-state index contributed by atoms with van der Waals surface area (Å²) >= 11 is 14.7. The van der Waals surface area contributed by atoms with E-state index in [0.717, 1.165) is 35.1 Å². The third-order valence-electron chi connectivity index (χ3n) is 3.20. The van der Waals surface area contributed by atoms with Crippen molar-refractivity contribution in [2.24, 2.45) is 0 Å². The fourth-order valence-electron chi connectivity index (χ4n) is 1.96. The highest BCUT2D eigenvalue weighted by Crippen LogP contribution is 2.33. The number of nitrogens with zero attached hydrogens (tertiary/aromatic N) is 2. The van der Waals surface area contributed by atoms with E-state index in [-0.39, 0.29) is 5.13 Å². The second-order valence-electron chi connectivity index (χ2n) is 4.94. The van der Waals surface area contributed by atoms with Gasteiger partial charge in [-0.25, -0.2) is 8.78 Å². The zero-order chi connectivity index (χ0) is 18.7. The molecule has 26 heavy (non-hydrogen) atoms. The van der Waals surface area contributed by atoms with Crippen LogP contribution in [0.1, 0.15) is 15.9 Å². The van der Waals surface area contributed by atoms with Gasteiger partial charge in [0.15, 0.2) is 4.34 Å². The van der Waals surface area contributed by atoms with E-state index in [1.807, 2.05) is 0 Å². The van der Waals surface area contributed by atoms with Crippen LogP contribution in [0.5, 0.6) is 0 Å². The van der Waals surface area contributed by atoms with Crippen molar-refractivity contribution in [3.05, 3.63) is 69.2 Å². The highest BCUT2D eigenvalue weighted by atomic mass is 35.5. The summed E-state index contributed by atoms with van der Waals surface area (Å²) in [6, 6.07) is 7.87. The van der Waals surface area contributed by atoms with Crippen LogP contribution in [0.15, 0.2) is 40.7 Å². The van der Waals surface area contributed by atoms with Gasteiger partial charge in [0.2, 0.25) is 5.13 Å². The van der Waals surface area contributed by atoms with E-state index in [2.05, 4.69) is 15.5 Å². The minimum Gasteiger partial charge on any atom is -0.296 e. The van der Waals surface area contributed by atoms with Crippen molar-refractivity contribution in [3.63, 3.8) is 0 Å². The average molecular weight is 432 g/mol. The smallest absolute Gasteiger partial charge is 0.260 e. The Labute approximate surface area is 165 Å². The number of hydrogen-bond acceptors (Lipinski definition) is 5. The maximum Gasteiger partial charge on any atom is 0.260 e. The maximum absolute atomic E-state index is 13.6. The van der Waals surface area contributed by atoms with Crippen molar-refractivity contribution < 1.29 is 13.6 Å². The van der Waals surface area contributed by atoms with Crippen molar-refractivity contribution in [3.8, 4) is 0 Å². The zero-order valence-corrected chi connectivity index (χ0v) is 15.9. The summed E-state index contributed by atoms with van der Waals surface area (Å²) in [5.41, 5.74) is 0.362. The number of aromatic nitrogens is 2. The number of amides is 1. The fourth-order valence-corrected chi connectivity index (χ4v) is 4.45. The second kappa shape index (κ2) is 8.30. The van der Waals surface area contributed by atoms with Crippen LogP contribution in [-0.4, -0.2) is 16.1 Å². The summed E-state index contributed by atoms with van der Waals surface area (Å²) in [5, 5.41) is 11.4. The number of hydrogen-bond donors (Lipinski definition) is 1. The molecule has 1 aromatic heterocycles. The number of carbonyl (C=O) groups is 1. The SMILES string of the molecule is O=C(Nc1nnc(SCc2c(Cl)cccc2Cl)s1)c1cc(F)ccc1F. The molecule has 0 saturated heterocycles. The van der Waals surface area contributed by atoms with Gasteiger partial charge in [0.05, 0.1) is 5.56 Å². The molecule has 1 amide bonds. The molecule has 4 nitrogen and oxygen atoms in total. The van der Waals surface area contributed by atoms with Crippen molar-refractivity contribution in [1.82, 2.24) is 10.2 Å². The molecule has 1 heterocycles. The van der Waals surface area contributed by atoms with Gasteiger partial charge < -0.3 is 0 Å². The van der Waals surface area contributed by atoms with E-state index in [9.17, 15) is 13.6 Å². The molecule has 3 aromatic rings. The first-order valence-corrected chi connectivity index (χ1v) is 9.65. The first kappa shape index (κ1) is 19.0. The lowest BCUT2D eigenvalue weighted by Crippen LogP contribution is -2.13. The quantitative estimate of drug-likeness (QED) is 0.417. The molecule has 10 heteroatoms. The van der Waals surface area contributed by atoms with Crippen LogP contribution in [0.25, 0.3) is 0 Å². The number of benzene rings is 2. The van der Waals surface area contributed by atoms with E-state index >= 15 is 0 Å². The topological polar surface area (TPSA) is 54.9 Å². The van der Waals surface area contributed by atoms with Gasteiger partial charge >= 0.3 is 0 Å². The van der Waals surface area contributed by atoms with E-state index < -0.39 is 23.1 Å². The Morgan fingerprint density at radius 3 is 2.62 bits per heavy atom. The fraction of sp³-hybridized carbons (Fsp3) is 0.0625. The monoisotopic (exact) mass is 431 g/mol. The molecule has 0 aliphatic heterocycles. The van der Waals surface area contributed by atoms with E-state index in [1.54, 1.807) is 18.2 Å². The number of halogens is 4. The van der Waals surface area contributed by atoms with Gasteiger partial charge in [0.1, 0.15) is 11.6 Å². The van der Waals surface area contributed by atoms with Crippen LogP contribution < -0.4 is 5.32 Å². The van der Waals surface area contributed by atoms with E-state index in [1.165, 1.54) is 11.8 Å². The number of nitrogens with one attached hydrogen (secondary N) is 1. The van der Waals surface area contributed by atoms with Gasteiger partial charge in [0, 0.05) is 15.8 Å². The first-order chi connectivity index (χ1) is 12.4. The number of carbonyl (C=O) groups excluding carboxylic acids is 1. The van der Waals surface area contributed by atoms with Gasteiger partial charge in [-0.1, -0.05) is 52.4 Å². The van der Waals surface area contributed by atoms with Gasteiger partial charge in [0.25, 0.3) is 5.91 Å². The first-order valence-electron chi connectivity index (χ1n) is 7.09. The van der Waals surface area contributed by atoms with Crippen molar-refractivity contribution in [2.75, 3.05) is 5.32 Å². The molecule has 0 atom stereocenters. The largest absolute Gasteiger partial charge is 0.296 e. The zero-order valence-electron chi connectivity index (χ0n) is 12.8. The maximum atomic E-state index is 13.6. The van der Waals surface area contributed by atoms with Crippen LogP contribution in [0, 0.1) is 11.6 Å². The molecule has 134 valence electrons. The highest BCUT2D eigenvalue weighted by Gasteiger charge is 2.16. The summed E-state index contributed by atoms with van der Waals surface area (Å²) in [5.74, 6) is -1.86. The lowest BCUT2D eigenvalue weighted by molar-refractivity contribution is 0.102. The number of thioether (sulfide) groups is 1. The molecule has 0 unspecified atom stereocenters. The van der Waals surface area contributed by atoms with Crippen molar-refractivity contribution in [2.45, 2.75) is 10.1 Å². The minimum atomic E-state index is -0.823. The Kier molecular flexibility index (Phi) is 6.08.